The molecule has 0 N–H and O–H groups in total. The summed E-state index contributed by atoms with van der Waals surface area (Å²) in [7, 11) is 0. The van der Waals surface area contributed by atoms with E-state index < -0.39 is 0 Å². The first-order valence-electron chi connectivity index (χ1n) is 10.5. The maximum absolute atomic E-state index is 14.1. The van der Waals surface area contributed by atoms with Crippen LogP contribution in [-0.4, -0.2) is 57.2 Å². The number of benzene rings is 2. The maximum Gasteiger partial charge on any atom is 0.262 e. The minimum absolute atomic E-state index is 0.00337. The molecule has 1 aromatic heterocycles. The van der Waals surface area contributed by atoms with Crippen LogP contribution < -0.4 is 5.56 Å². The number of thioether (sulfide) groups is 1. The van der Waals surface area contributed by atoms with Gasteiger partial charge in [-0.2, -0.15) is 0 Å². The van der Waals surface area contributed by atoms with Gasteiger partial charge >= 0.3 is 0 Å². The molecule has 2 heterocycles. The molecule has 2 aromatic carbocycles. The average molecular weight is 475 g/mol. The van der Waals surface area contributed by atoms with E-state index in [2.05, 4.69) is 9.88 Å². The smallest absolute Gasteiger partial charge is 0.262 e. The molecule has 0 unspecified atom stereocenters. The lowest BCUT2D eigenvalue weighted by molar-refractivity contribution is -0.130. The van der Waals surface area contributed by atoms with Gasteiger partial charge in [0, 0.05) is 49.9 Å². The van der Waals surface area contributed by atoms with Gasteiger partial charge in [-0.3, -0.25) is 19.1 Å². The van der Waals surface area contributed by atoms with Crippen LogP contribution in [0, 0.1) is 5.82 Å². The molecule has 1 aliphatic rings. The van der Waals surface area contributed by atoms with Crippen molar-refractivity contribution in [3.05, 3.63) is 69.2 Å². The molecular weight excluding hydrogens is 451 g/mol. The maximum atomic E-state index is 14.1. The van der Waals surface area contributed by atoms with Crippen molar-refractivity contribution in [3.63, 3.8) is 0 Å². The SMILES string of the molecule is CCn1c(SCC(=O)N2CCN(Cc3c(F)cccc3Cl)CC2)nc2ccccc2c1=O. The molecule has 0 aliphatic carbocycles. The summed E-state index contributed by atoms with van der Waals surface area (Å²) in [5.74, 6) is -0.0925. The molecular formula is C23H24ClFN4O2S. The number of halogens is 2. The van der Waals surface area contributed by atoms with Gasteiger partial charge in [0.05, 0.1) is 16.7 Å². The summed E-state index contributed by atoms with van der Waals surface area (Å²) in [6.45, 7) is 5.24. The largest absolute Gasteiger partial charge is 0.339 e. The fraction of sp³-hybridized carbons (Fsp3) is 0.348. The second-order valence-electron chi connectivity index (χ2n) is 7.61. The molecule has 4 rings (SSSR count). The van der Waals surface area contributed by atoms with Crippen molar-refractivity contribution in [1.82, 2.24) is 19.4 Å². The molecule has 1 aliphatic heterocycles. The number of para-hydroxylation sites is 1. The number of hydrogen-bond donors (Lipinski definition) is 0. The van der Waals surface area contributed by atoms with Crippen molar-refractivity contribution < 1.29 is 9.18 Å². The van der Waals surface area contributed by atoms with Crippen LogP contribution in [0.3, 0.4) is 0 Å². The molecule has 1 saturated heterocycles. The van der Waals surface area contributed by atoms with E-state index in [1.807, 2.05) is 30.0 Å². The highest BCUT2D eigenvalue weighted by Crippen LogP contribution is 2.22. The summed E-state index contributed by atoms with van der Waals surface area (Å²) in [5.41, 5.74) is 1.04. The molecule has 3 aromatic rings. The summed E-state index contributed by atoms with van der Waals surface area (Å²) in [4.78, 5) is 34.0. The minimum atomic E-state index is -0.308. The molecule has 0 atom stereocenters. The third kappa shape index (κ3) is 4.82. The number of aromatic nitrogens is 2. The molecule has 9 heteroatoms. The first-order chi connectivity index (χ1) is 15.5. The Morgan fingerprint density at radius 2 is 1.88 bits per heavy atom. The van der Waals surface area contributed by atoms with Gasteiger partial charge < -0.3 is 4.90 Å². The fourth-order valence-corrected chi connectivity index (χ4v) is 5.01. The summed E-state index contributed by atoms with van der Waals surface area (Å²) < 4.78 is 15.7. The number of fused-ring (bicyclic) bond motifs is 1. The molecule has 1 amide bonds. The summed E-state index contributed by atoms with van der Waals surface area (Å²) in [5, 5.41) is 1.55. The van der Waals surface area contributed by atoms with E-state index >= 15 is 0 Å². The number of rotatable bonds is 6. The normalized spacial score (nSPS) is 14.8. The lowest BCUT2D eigenvalue weighted by atomic mass is 10.2. The average Bonchev–Trinajstić information content (AvgIpc) is 2.80. The number of amides is 1. The van der Waals surface area contributed by atoms with Gasteiger partial charge in [-0.1, -0.05) is 41.6 Å². The van der Waals surface area contributed by atoms with Crippen LogP contribution in [-0.2, 0) is 17.9 Å². The predicted molar refractivity (Wildman–Crippen MR) is 126 cm³/mol. The van der Waals surface area contributed by atoms with Gasteiger partial charge in [0.15, 0.2) is 5.16 Å². The van der Waals surface area contributed by atoms with E-state index in [0.29, 0.717) is 65.9 Å². The van der Waals surface area contributed by atoms with Crippen molar-refractivity contribution >= 4 is 40.2 Å². The fourth-order valence-electron chi connectivity index (χ4n) is 3.82. The first kappa shape index (κ1) is 22.8. The Labute approximate surface area is 195 Å². The van der Waals surface area contributed by atoms with E-state index in [1.54, 1.807) is 22.8 Å². The van der Waals surface area contributed by atoms with Crippen LogP contribution in [0.4, 0.5) is 4.39 Å². The summed E-state index contributed by atoms with van der Waals surface area (Å²) in [6.07, 6.45) is 0. The number of carbonyl (C=O) groups is 1. The topological polar surface area (TPSA) is 58.4 Å². The van der Waals surface area contributed by atoms with Crippen molar-refractivity contribution in [1.29, 1.82) is 0 Å². The number of nitrogens with zero attached hydrogens (tertiary/aromatic N) is 4. The molecule has 0 radical (unpaired) electrons. The van der Waals surface area contributed by atoms with Gasteiger partial charge in [0.1, 0.15) is 5.82 Å². The summed E-state index contributed by atoms with van der Waals surface area (Å²) in [6, 6.07) is 11.9. The molecule has 168 valence electrons. The Hall–Kier alpha value is -2.42. The quantitative estimate of drug-likeness (QED) is 0.403. The highest BCUT2D eigenvalue weighted by molar-refractivity contribution is 7.99. The lowest BCUT2D eigenvalue weighted by Gasteiger charge is -2.35. The van der Waals surface area contributed by atoms with Crippen molar-refractivity contribution in [3.8, 4) is 0 Å². The van der Waals surface area contributed by atoms with Crippen LogP contribution in [0.25, 0.3) is 10.9 Å². The van der Waals surface area contributed by atoms with Crippen LogP contribution in [0.2, 0.25) is 5.02 Å². The van der Waals surface area contributed by atoms with E-state index in [4.69, 9.17) is 11.6 Å². The highest BCUT2D eigenvalue weighted by Gasteiger charge is 2.23. The molecule has 0 bridgehead atoms. The Morgan fingerprint density at radius 3 is 2.59 bits per heavy atom. The Balaban J connectivity index is 1.36. The number of carbonyl (C=O) groups excluding carboxylic acids is 1. The van der Waals surface area contributed by atoms with E-state index in [9.17, 15) is 14.0 Å². The third-order valence-corrected chi connectivity index (χ3v) is 6.95. The van der Waals surface area contributed by atoms with Gasteiger partial charge in [0.2, 0.25) is 5.91 Å². The minimum Gasteiger partial charge on any atom is -0.339 e. The van der Waals surface area contributed by atoms with Gasteiger partial charge in [-0.15, -0.1) is 0 Å². The Morgan fingerprint density at radius 1 is 1.12 bits per heavy atom. The molecule has 1 fully saturated rings. The van der Waals surface area contributed by atoms with Gasteiger partial charge in [0.25, 0.3) is 5.56 Å². The standard InChI is InChI=1S/C23H24ClFN4O2S/c1-2-29-22(31)16-6-3-4-9-20(16)26-23(29)32-15-21(30)28-12-10-27(11-13-28)14-17-18(24)7-5-8-19(17)25/h3-9H,2,10-15H2,1H3. The second-order valence-corrected chi connectivity index (χ2v) is 8.96. The Kier molecular flexibility index (Phi) is 7.13. The van der Waals surface area contributed by atoms with Crippen LogP contribution in [0.5, 0.6) is 0 Å². The van der Waals surface area contributed by atoms with Gasteiger partial charge in [-0.25, -0.2) is 9.37 Å². The number of piperazine rings is 1. The third-order valence-electron chi connectivity index (χ3n) is 5.64. The van der Waals surface area contributed by atoms with E-state index in [1.165, 1.54) is 17.8 Å². The molecule has 0 saturated carbocycles. The van der Waals surface area contributed by atoms with Crippen LogP contribution in [0.1, 0.15) is 12.5 Å². The highest BCUT2D eigenvalue weighted by atomic mass is 35.5. The Bertz CT molecular complexity index is 1170. The van der Waals surface area contributed by atoms with Gasteiger partial charge in [-0.05, 0) is 31.2 Å². The second kappa shape index (κ2) is 10.0. The van der Waals surface area contributed by atoms with Crippen molar-refractivity contribution in [2.24, 2.45) is 0 Å². The molecule has 6 nitrogen and oxygen atoms in total. The number of hydrogen-bond acceptors (Lipinski definition) is 5. The first-order valence-corrected chi connectivity index (χ1v) is 11.9. The summed E-state index contributed by atoms with van der Waals surface area (Å²) >= 11 is 7.43. The molecule has 0 spiro atoms. The lowest BCUT2D eigenvalue weighted by Crippen LogP contribution is -2.49. The zero-order valence-corrected chi connectivity index (χ0v) is 19.3. The zero-order valence-electron chi connectivity index (χ0n) is 17.8. The monoisotopic (exact) mass is 474 g/mol. The molecule has 32 heavy (non-hydrogen) atoms. The van der Waals surface area contributed by atoms with Crippen molar-refractivity contribution in [2.75, 3.05) is 31.9 Å². The zero-order chi connectivity index (χ0) is 22.7. The van der Waals surface area contributed by atoms with E-state index in [-0.39, 0.29) is 23.0 Å². The predicted octanol–water partition coefficient (Wildman–Crippen LogP) is 3.65. The van der Waals surface area contributed by atoms with E-state index in [0.717, 1.165) is 0 Å². The van der Waals surface area contributed by atoms with Crippen LogP contribution >= 0.6 is 23.4 Å². The van der Waals surface area contributed by atoms with Crippen LogP contribution in [0.15, 0.2) is 52.4 Å². The van der Waals surface area contributed by atoms with Crippen molar-refractivity contribution in [2.45, 2.75) is 25.2 Å².